The van der Waals surface area contributed by atoms with Crippen LogP contribution in [0.15, 0.2) is 58.3 Å². The summed E-state index contributed by atoms with van der Waals surface area (Å²) in [6, 6.07) is 11.1. The predicted octanol–water partition coefficient (Wildman–Crippen LogP) is 0.372. The van der Waals surface area contributed by atoms with E-state index in [1.54, 1.807) is 0 Å². The first-order valence-electron chi connectivity index (χ1n) is 8.99. The summed E-state index contributed by atoms with van der Waals surface area (Å²) in [7, 11) is -7.48. The van der Waals surface area contributed by atoms with Gasteiger partial charge >= 0.3 is 0 Å². The van der Waals surface area contributed by atoms with Gasteiger partial charge in [-0.25, -0.2) is 26.3 Å². The highest BCUT2D eigenvalue weighted by Gasteiger charge is 2.15. The van der Waals surface area contributed by atoms with E-state index in [0.717, 1.165) is 0 Å². The second-order valence-electron chi connectivity index (χ2n) is 6.28. The Morgan fingerprint density at radius 1 is 0.697 bits per heavy atom. The van der Waals surface area contributed by atoms with Crippen molar-refractivity contribution in [2.45, 2.75) is 9.79 Å². The van der Waals surface area contributed by atoms with Crippen molar-refractivity contribution >= 4 is 56.5 Å². The van der Waals surface area contributed by atoms with Crippen molar-refractivity contribution in [3.05, 3.63) is 59.7 Å². The smallest absolute Gasteiger partial charge is 0.240 e. The lowest BCUT2D eigenvalue weighted by Crippen LogP contribution is -2.30. The van der Waals surface area contributed by atoms with E-state index in [2.05, 4.69) is 9.44 Å². The minimum absolute atomic E-state index is 0. The molecule has 0 unspecified atom stereocenters. The van der Waals surface area contributed by atoms with Crippen molar-refractivity contribution in [3.8, 4) is 0 Å². The van der Waals surface area contributed by atoms with Gasteiger partial charge in [-0.2, -0.15) is 0 Å². The highest BCUT2D eigenvalue weighted by Crippen LogP contribution is 2.11. The van der Waals surface area contributed by atoms with Crippen LogP contribution in [0.25, 0.3) is 0 Å². The van der Waals surface area contributed by atoms with Gasteiger partial charge in [-0.1, -0.05) is 0 Å². The van der Waals surface area contributed by atoms with Crippen LogP contribution >= 0.6 is 24.8 Å². The molecule has 0 heterocycles. The normalized spacial score (nSPS) is 11.2. The van der Waals surface area contributed by atoms with Crippen LogP contribution in [0.2, 0.25) is 0 Å². The summed E-state index contributed by atoms with van der Waals surface area (Å²) < 4.78 is 58.8. The van der Waals surface area contributed by atoms with E-state index < -0.39 is 20.0 Å². The maximum atomic E-state index is 12.2. The maximum absolute atomic E-state index is 12.2. The van der Waals surface area contributed by atoms with Gasteiger partial charge in [-0.3, -0.25) is 10.8 Å². The van der Waals surface area contributed by atoms with E-state index in [9.17, 15) is 16.8 Å². The van der Waals surface area contributed by atoms with Crippen molar-refractivity contribution in [2.75, 3.05) is 26.3 Å². The molecule has 2 aromatic rings. The molecule has 0 atom stereocenters. The first-order chi connectivity index (χ1) is 14.5. The van der Waals surface area contributed by atoms with E-state index in [4.69, 9.17) is 27.0 Å². The Morgan fingerprint density at radius 3 is 1.27 bits per heavy atom. The van der Waals surface area contributed by atoms with Crippen LogP contribution in [-0.2, 0) is 24.8 Å². The third-order valence-corrected chi connectivity index (χ3v) is 6.98. The fourth-order valence-electron chi connectivity index (χ4n) is 2.39. The van der Waals surface area contributed by atoms with Gasteiger partial charge < -0.3 is 16.2 Å². The Bertz CT molecular complexity index is 1050. The minimum atomic E-state index is -3.74. The molecule has 0 saturated heterocycles. The number of ether oxygens (including phenoxy) is 1. The van der Waals surface area contributed by atoms with Crippen LogP contribution in [0.3, 0.4) is 0 Å². The molecule has 0 fully saturated rings. The monoisotopic (exact) mass is 540 g/mol. The van der Waals surface area contributed by atoms with E-state index in [1.165, 1.54) is 48.5 Å². The Morgan fingerprint density at radius 2 is 1.00 bits per heavy atom. The molecule has 184 valence electrons. The number of sulfonamides is 2. The van der Waals surface area contributed by atoms with Crippen LogP contribution in [0.4, 0.5) is 0 Å². The van der Waals surface area contributed by atoms with Crippen molar-refractivity contribution in [1.82, 2.24) is 9.44 Å². The summed E-state index contributed by atoms with van der Waals surface area (Å²) in [5.41, 5.74) is 11.5. The van der Waals surface area contributed by atoms with E-state index in [-0.39, 0.29) is 72.6 Å². The third-order valence-electron chi connectivity index (χ3n) is 4.03. The molecule has 0 spiro atoms. The van der Waals surface area contributed by atoms with Gasteiger partial charge in [0.1, 0.15) is 11.7 Å². The molecule has 33 heavy (non-hydrogen) atoms. The quantitative estimate of drug-likeness (QED) is 0.127. The van der Waals surface area contributed by atoms with Crippen molar-refractivity contribution in [1.29, 1.82) is 10.8 Å². The number of rotatable bonds is 12. The molecular weight excluding hydrogens is 515 g/mol. The van der Waals surface area contributed by atoms with Gasteiger partial charge in [0.05, 0.1) is 23.0 Å². The van der Waals surface area contributed by atoms with E-state index in [0.29, 0.717) is 11.1 Å². The van der Waals surface area contributed by atoms with Gasteiger partial charge in [-0.15, -0.1) is 24.8 Å². The van der Waals surface area contributed by atoms with Crippen LogP contribution in [0.5, 0.6) is 0 Å². The van der Waals surface area contributed by atoms with Gasteiger partial charge in [0.2, 0.25) is 20.0 Å². The molecule has 15 heteroatoms. The molecule has 2 aromatic carbocycles. The lowest BCUT2D eigenvalue weighted by molar-refractivity contribution is 0.144. The van der Waals surface area contributed by atoms with Gasteiger partial charge in [0.25, 0.3) is 0 Å². The van der Waals surface area contributed by atoms with Crippen LogP contribution < -0.4 is 20.9 Å². The lowest BCUT2D eigenvalue weighted by atomic mass is 10.2. The number of nitrogen functional groups attached to an aromatic ring is 2. The van der Waals surface area contributed by atoms with Crippen molar-refractivity contribution < 1.29 is 21.6 Å². The molecule has 11 nitrogen and oxygen atoms in total. The Labute approximate surface area is 205 Å². The van der Waals surface area contributed by atoms with Gasteiger partial charge in [-0.05, 0) is 48.5 Å². The van der Waals surface area contributed by atoms with Gasteiger partial charge in [0, 0.05) is 24.2 Å². The first kappa shape index (κ1) is 30.7. The SMILES string of the molecule is Cl.Cl.N=C(N)c1ccc(S(=O)(=O)NCCOCCNS(=O)(=O)c2ccc(C(=N)N)cc2)cc1. The fourth-order valence-corrected chi connectivity index (χ4v) is 4.42. The molecule has 0 aliphatic rings. The summed E-state index contributed by atoms with van der Waals surface area (Å²) in [5.74, 6) is -0.317. The third kappa shape index (κ3) is 9.25. The van der Waals surface area contributed by atoms with Gasteiger partial charge in [0.15, 0.2) is 0 Å². The number of hydrogen-bond acceptors (Lipinski definition) is 7. The molecule has 0 aliphatic carbocycles. The predicted molar refractivity (Wildman–Crippen MR) is 131 cm³/mol. The lowest BCUT2D eigenvalue weighted by Gasteiger charge is -2.09. The second-order valence-corrected chi connectivity index (χ2v) is 9.82. The Balaban J connectivity index is 0.00000512. The van der Waals surface area contributed by atoms with E-state index in [1.807, 2.05) is 0 Å². The molecule has 0 amide bonds. The Hall–Kier alpha value is -2.26. The fraction of sp³-hybridized carbons (Fsp3) is 0.222. The van der Waals surface area contributed by atoms with Crippen LogP contribution in [0, 0.1) is 10.8 Å². The van der Waals surface area contributed by atoms with Crippen molar-refractivity contribution in [3.63, 3.8) is 0 Å². The summed E-state index contributed by atoms with van der Waals surface area (Å²) in [4.78, 5) is 0.0575. The molecule has 0 radical (unpaired) electrons. The summed E-state index contributed by atoms with van der Waals surface area (Å²) >= 11 is 0. The molecule has 0 bridgehead atoms. The Kier molecular flexibility index (Phi) is 12.5. The summed E-state index contributed by atoms with van der Waals surface area (Å²) in [6.45, 7) is 0.0751. The number of benzene rings is 2. The van der Waals surface area contributed by atoms with E-state index >= 15 is 0 Å². The zero-order chi connectivity index (χ0) is 23.1. The van der Waals surface area contributed by atoms with Crippen molar-refractivity contribution in [2.24, 2.45) is 11.5 Å². The summed E-state index contributed by atoms with van der Waals surface area (Å²) in [5, 5.41) is 14.6. The highest BCUT2D eigenvalue weighted by molar-refractivity contribution is 7.89. The summed E-state index contributed by atoms with van der Waals surface area (Å²) in [6.07, 6.45) is 0. The first-order valence-corrected chi connectivity index (χ1v) is 12.0. The molecule has 2 rings (SSSR count). The zero-order valence-electron chi connectivity index (χ0n) is 17.3. The maximum Gasteiger partial charge on any atom is 0.240 e. The minimum Gasteiger partial charge on any atom is -0.384 e. The number of nitrogens with two attached hydrogens (primary N) is 2. The zero-order valence-corrected chi connectivity index (χ0v) is 20.5. The van der Waals surface area contributed by atoms with Crippen LogP contribution in [-0.4, -0.2) is 54.8 Å². The number of hydrogen-bond donors (Lipinski definition) is 6. The number of halogens is 2. The molecule has 0 aromatic heterocycles. The largest absolute Gasteiger partial charge is 0.384 e. The standard InChI is InChI=1S/C18H24N6O5S2.2ClH/c19-17(20)13-1-5-15(6-2-13)30(25,26)23-9-11-29-12-10-24-31(27,28)16-7-3-14(4-8-16)18(21)22;;/h1-8,23-24H,9-12H2,(H3,19,20)(H3,21,22);2*1H. The molecular formula is C18H26Cl2N6O5S2. The molecule has 8 N–H and O–H groups in total. The average Bonchev–Trinajstić information content (AvgIpc) is 2.73. The highest BCUT2D eigenvalue weighted by atomic mass is 35.5. The second kappa shape index (κ2) is 13.4. The average molecular weight is 541 g/mol. The number of amidine groups is 2. The van der Waals surface area contributed by atoms with Crippen LogP contribution in [0.1, 0.15) is 11.1 Å². The topological polar surface area (TPSA) is 201 Å². The molecule has 0 aliphatic heterocycles. The molecule has 0 saturated carbocycles. The number of nitrogens with one attached hydrogen (secondary N) is 4.